The van der Waals surface area contributed by atoms with Crippen molar-refractivity contribution in [1.82, 2.24) is 50.8 Å². The Morgan fingerprint density at radius 2 is 0.951 bits per heavy atom. The van der Waals surface area contributed by atoms with Crippen LogP contribution in [0.2, 0.25) is 0 Å². The van der Waals surface area contributed by atoms with Gasteiger partial charge in [0, 0.05) is 96.9 Å². The van der Waals surface area contributed by atoms with E-state index < -0.39 is 20.0 Å². The number of hydrogen-bond acceptors (Lipinski definition) is 20. The van der Waals surface area contributed by atoms with Crippen molar-refractivity contribution in [3.63, 3.8) is 0 Å². The Kier molecular flexibility index (Phi) is 21.7. The van der Waals surface area contributed by atoms with Gasteiger partial charge in [0.25, 0.3) is 11.8 Å². The molecule has 2 saturated heterocycles. The van der Waals surface area contributed by atoms with Crippen molar-refractivity contribution in [3.05, 3.63) is 202 Å². The van der Waals surface area contributed by atoms with Crippen molar-refractivity contribution >= 4 is 89.3 Å². The summed E-state index contributed by atoms with van der Waals surface area (Å²) in [5.74, 6) is 1.53. The average molecular weight is 1430 g/mol. The van der Waals surface area contributed by atoms with Gasteiger partial charge in [0.2, 0.25) is 31.9 Å². The number of hydrogen-bond donors (Lipinski definition) is 8. The van der Waals surface area contributed by atoms with E-state index in [0.29, 0.717) is 22.5 Å². The molecule has 2 aromatic heterocycles. The number of hydrazine groups is 4. The zero-order valence-corrected chi connectivity index (χ0v) is 62.1. The highest BCUT2D eigenvalue weighted by Gasteiger charge is 2.30. The third-order valence-corrected chi connectivity index (χ3v) is 19.4. The van der Waals surface area contributed by atoms with Crippen LogP contribution in [0.15, 0.2) is 146 Å². The minimum atomic E-state index is -3.61. The molecule has 26 nitrogen and oxygen atoms in total. The van der Waals surface area contributed by atoms with Gasteiger partial charge >= 0.3 is 0 Å². The van der Waals surface area contributed by atoms with Crippen LogP contribution in [0.4, 0.5) is 46.0 Å². The quantitative estimate of drug-likeness (QED) is 0.0353. The summed E-state index contributed by atoms with van der Waals surface area (Å²) < 4.78 is 69.1. The summed E-state index contributed by atoms with van der Waals surface area (Å²) in [6.45, 7) is 25.3. The summed E-state index contributed by atoms with van der Waals surface area (Å²) in [5.41, 5.74) is 25.4. The molecule has 6 aromatic carbocycles. The Bertz CT molecular complexity index is 4630. The van der Waals surface area contributed by atoms with Gasteiger partial charge in [-0.2, -0.15) is 0 Å². The van der Waals surface area contributed by atoms with Crippen LogP contribution < -0.4 is 71.3 Å². The first-order valence-electron chi connectivity index (χ1n) is 33.8. The number of sulfonamides is 2. The summed E-state index contributed by atoms with van der Waals surface area (Å²) in [6, 6.07) is 39.1. The highest BCUT2D eigenvalue weighted by atomic mass is 32.2. The van der Waals surface area contributed by atoms with Gasteiger partial charge in [0.1, 0.15) is 5.69 Å². The van der Waals surface area contributed by atoms with E-state index in [1.54, 1.807) is 36.4 Å². The number of nitrogens with one attached hydrogen (secondary N) is 8. The van der Waals surface area contributed by atoms with Crippen LogP contribution >= 0.6 is 0 Å². The standard InChI is InChI=1S/2C37H47N9O4S/c1-25-13-14-27(35(47)39-29-20-28(37(2,3)4)21-30(34(29)50-6)41-51(7,48)49)19-32(25)46-24-31(40-42-46)33-22-38-36(43(33)5)45-17-15-44(16-18-45)23-26-11-9-8-10-12-26;1-25-13-14-27(35(47)38-29-20-28(37(2,3)4)21-30(34(29)50-6)41-51(7,48)49)19-33(25)46-24-32(40-42-46)31-23-43(5)36(39-31)45-17-15-44(16-18-45)22-26-11-9-8-10-12-26/h8-14,19-22,24,40-42H,15-18,23H2,1-7H3,(H,39,47);8-14,19-21,23-24,40-42H,15-18,22H2,1-7H3,(H,38,47). The summed E-state index contributed by atoms with van der Waals surface area (Å²) in [4.78, 5) is 46.8. The molecule has 8 N–H and O–H groups in total. The highest BCUT2D eigenvalue weighted by molar-refractivity contribution is 7.92. The van der Waals surface area contributed by atoms with E-state index in [0.717, 1.165) is 146 Å². The second-order valence-electron chi connectivity index (χ2n) is 28.2. The molecule has 0 radical (unpaired) electrons. The van der Waals surface area contributed by atoms with Crippen LogP contribution in [0.1, 0.15) is 107 Å². The zero-order chi connectivity index (χ0) is 73.0. The number of carbonyl (C=O) groups is 2. The third kappa shape index (κ3) is 17.6. The highest BCUT2D eigenvalue weighted by Crippen LogP contribution is 2.42. The van der Waals surface area contributed by atoms with Crippen molar-refractivity contribution in [1.29, 1.82) is 0 Å². The topological polar surface area (TPSA) is 272 Å². The molecule has 0 saturated carbocycles. The van der Waals surface area contributed by atoms with E-state index in [2.05, 4.69) is 119 Å². The molecule has 8 aromatic rings. The van der Waals surface area contributed by atoms with Crippen molar-refractivity contribution < 1.29 is 35.9 Å². The number of benzene rings is 6. The van der Waals surface area contributed by atoms with Gasteiger partial charge in [0.05, 0.1) is 96.5 Å². The molecule has 2 fully saturated rings. The number of aromatic nitrogens is 4. The first-order chi connectivity index (χ1) is 48.4. The first kappa shape index (κ1) is 73.1. The molecular weight excluding hydrogens is 1330 g/mol. The molecular formula is C74H94N18O8S2. The first-order valence-corrected chi connectivity index (χ1v) is 37.5. The molecule has 12 rings (SSSR count). The van der Waals surface area contributed by atoms with Gasteiger partial charge in [-0.1, -0.05) is 114 Å². The molecule has 540 valence electrons. The van der Waals surface area contributed by atoms with Crippen LogP contribution in [-0.4, -0.2) is 137 Å². The predicted molar refractivity (Wildman–Crippen MR) is 406 cm³/mol. The van der Waals surface area contributed by atoms with Crippen molar-refractivity contribution in [2.75, 3.05) is 119 Å². The van der Waals surface area contributed by atoms with Gasteiger partial charge < -0.3 is 39.0 Å². The van der Waals surface area contributed by atoms with Gasteiger partial charge in [-0.05, 0) is 107 Å². The molecule has 0 spiro atoms. The average Bonchev–Trinajstić information content (AvgIpc) is 1.40. The SMILES string of the molecule is COc1c(NC(=O)c2ccc(C)c(N3C=C(c4cn(C)c(N5CCN(Cc6ccccc6)CC5)n4)NN3)c2)cc(C(C)(C)C)cc1NS(C)(=O)=O.COc1c(NC(=O)c2ccc(C)c(N3C=C(c4cnc(N5CCN(Cc6ccccc6)CC5)n4C)NN3)c2)cc(C(C)(C)C)cc1NS(C)(=O)=O. The number of rotatable bonds is 20. The molecule has 4 aliphatic rings. The lowest BCUT2D eigenvalue weighted by Crippen LogP contribution is -2.46. The molecule has 0 bridgehead atoms. The minimum absolute atomic E-state index is 0.218. The van der Waals surface area contributed by atoms with Crippen LogP contribution in [-0.2, 0) is 58.1 Å². The van der Waals surface area contributed by atoms with Crippen molar-refractivity contribution in [3.8, 4) is 11.5 Å². The van der Waals surface area contributed by atoms with Crippen LogP contribution in [0, 0.1) is 13.8 Å². The van der Waals surface area contributed by atoms with Crippen molar-refractivity contribution in [2.45, 2.75) is 79.3 Å². The second-order valence-corrected chi connectivity index (χ2v) is 31.7. The molecule has 6 heterocycles. The lowest BCUT2D eigenvalue weighted by Gasteiger charge is -2.35. The fourth-order valence-corrected chi connectivity index (χ4v) is 13.7. The number of piperazine rings is 2. The van der Waals surface area contributed by atoms with Gasteiger partial charge in [-0.3, -0.25) is 49.7 Å². The van der Waals surface area contributed by atoms with Gasteiger partial charge in [-0.15, -0.1) is 11.1 Å². The van der Waals surface area contributed by atoms with E-state index in [1.165, 1.54) is 25.3 Å². The molecule has 102 heavy (non-hydrogen) atoms. The summed E-state index contributed by atoms with van der Waals surface area (Å²) in [5, 5.41) is 9.58. The molecule has 2 amide bonds. The van der Waals surface area contributed by atoms with Crippen LogP contribution in [0.5, 0.6) is 11.5 Å². The molecule has 0 aliphatic carbocycles. The maximum atomic E-state index is 13.7. The van der Waals surface area contributed by atoms with E-state index in [4.69, 9.17) is 19.4 Å². The smallest absolute Gasteiger partial charge is 0.255 e. The Morgan fingerprint density at radius 3 is 1.37 bits per heavy atom. The summed E-state index contributed by atoms with van der Waals surface area (Å²) in [7, 11) is -0.305. The predicted octanol–water partition coefficient (Wildman–Crippen LogP) is 9.62. The Hall–Kier alpha value is -10.1. The lowest BCUT2D eigenvalue weighted by molar-refractivity contribution is 0.101. The van der Waals surface area contributed by atoms with E-state index >= 15 is 0 Å². The molecule has 28 heteroatoms. The van der Waals surface area contributed by atoms with Gasteiger partial charge in [-0.25, -0.2) is 26.8 Å². The van der Waals surface area contributed by atoms with E-state index in [-0.39, 0.29) is 45.5 Å². The number of anilines is 8. The Balaban J connectivity index is 0.000000205. The fourth-order valence-electron chi connectivity index (χ4n) is 12.6. The number of ether oxygens (including phenoxy) is 2. The monoisotopic (exact) mass is 1430 g/mol. The maximum absolute atomic E-state index is 13.7. The van der Waals surface area contributed by atoms with Gasteiger partial charge in [0.15, 0.2) is 11.5 Å². The van der Waals surface area contributed by atoms with Crippen LogP contribution in [0.3, 0.4) is 0 Å². The Morgan fingerprint density at radius 1 is 0.539 bits per heavy atom. The number of methoxy groups -OCH3 is 2. The lowest BCUT2D eigenvalue weighted by atomic mass is 9.86. The summed E-state index contributed by atoms with van der Waals surface area (Å²) >= 11 is 0. The molecule has 4 aliphatic heterocycles. The second kappa shape index (κ2) is 30.2. The zero-order valence-electron chi connectivity index (χ0n) is 60.5. The maximum Gasteiger partial charge on any atom is 0.255 e. The largest absolute Gasteiger partial charge is 0.492 e. The third-order valence-electron chi connectivity index (χ3n) is 18.2. The van der Waals surface area contributed by atoms with Crippen molar-refractivity contribution in [2.24, 2.45) is 14.1 Å². The van der Waals surface area contributed by atoms with E-state index in [9.17, 15) is 26.4 Å². The molecule has 0 unspecified atom stereocenters. The molecule has 0 atom stereocenters. The number of aryl methyl sites for hydroxylation is 3. The number of carbonyl (C=O) groups excluding carboxylic acids is 2. The number of amides is 2. The van der Waals surface area contributed by atoms with E-state index in [1.807, 2.05) is 141 Å². The summed E-state index contributed by atoms with van der Waals surface area (Å²) in [6.07, 6.45) is 9.91. The fraction of sp³-hybridized carbons (Fsp3) is 0.351. The normalized spacial score (nSPS) is 15.4. The minimum Gasteiger partial charge on any atom is -0.492 e. The Labute approximate surface area is 598 Å². The number of nitrogens with zero attached hydrogens (tertiary/aromatic N) is 10. The van der Waals surface area contributed by atoms with Crippen LogP contribution in [0.25, 0.3) is 11.4 Å². The number of imidazole rings is 2.